The first-order valence-corrected chi connectivity index (χ1v) is 11.5. The molecular formula is C23H29N5O3S. The van der Waals surface area contributed by atoms with Crippen LogP contribution in [0.4, 0.5) is 0 Å². The maximum absolute atomic E-state index is 12.7. The van der Waals surface area contributed by atoms with Crippen molar-refractivity contribution < 1.29 is 14.3 Å². The molecule has 0 saturated heterocycles. The maximum Gasteiger partial charge on any atom is 0.233 e. The summed E-state index contributed by atoms with van der Waals surface area (Å²) in [4.78, 5) is 14.4. The van der Waals surface area contributed by atoms with Gasteiger partial charge in [-0.15, -0.1) is 5.10 Å². The average molecular weight is 456 g/mol. The third-order valence-electron chi connectivity index (χ3n) is 5.06. The first kappa shape index (κ1) is 23.6. The number of hydrogen-bond acceptors (Lipinski definition) is 7. The molecule has 0 saturated carbocycles. The van der Waals surface area contributed by atoms with Crippen molar-refractivity contribution in [1.82, 2.24) is 25.1 Å². The Kier molecular flexibility index (Phi) is 8.49. The smallest absolute Gasteiger partial charge is 0.233 e. The van der Waals surface area contributed by atoms with Gasteiger partial charge in [0.1, 0.15) is 0 Å². The molecule has 0 radical (unpaired) electrons. The first-order valence-electron chi connectivity index (χ1n) is 10.5. The van der Waals surface area contributed by atoms with Gasteiger partial charge in [0.05, 0.1) is 25.7 Å². The molecule has 3 aromatic rings. The van der Waals surface area contributed by atoms with Gasteiger partial charge < -0.3 is 14.4 Å². The normalized spacial score (nSPS) is 10.8. The third-order valence-corrected chi connectivity index (χ3v) is 5.96. The molecule has 0 atom stereocenters. The van der Waals surface area contributed by atoms with Gasteiger partial charge in [-0.1, -0.05) is 43.3 Å². The Hall–Kier alpha value is -3.07. The molecule has 0 unspecified atom stereocenters. The third kappa shape index (κ3) is 6.00. The fourth-order valence-corrected chi connectivity index (χ4v) is 4.02. The minimum absolute atomic E-state index is 0.0192. The molecule has 8 nitrogen and oxygen atoms in total. The lowest BCUT2D eigenvalue weighted by Crippen LogP contribution is -2.28. The van der Waals surface area contributed by atoms with Crippen LogP contribution in [0.2, 0.25) is 0 Å². The largest absolute Gasteiger partial charge is 0.493 e. The van der Waals surface area contributed by atoms with Gasteiger partial charge in [-0.2, -0.15) is 4.68 Å². The van der Waals surface area contributed by atoms with E-state index in [4.69, 9.17) is 9.47 Å². The number of benzene rings is 2. The van der Waals surface area contributed by atoms with Crippen LogP contribution in [0.3, 0.4) is 0 Å². The van der Waals surface area contributed by atoms with Crippen molar-refractivity contribution in [2.24, 2.45) is 0 Å². The number of aryl methyl sites for hydroxylation is 1. The van der Waals surface area contributed by atoms with E-state index in [-0.39, 0.29) is 11.7 Å². The number of ether oxygens (including phenoxy) is 2. The molecule has 9 heteroatoms. The van der Waals surface area contributed by atoms with Gasteiger partial charge in [0.2, 0.25) is 11.1 Å². The highest BCUT2D eigenvalue weighted by Crippen LogP contribution is 2.28. The minimum Gasteiger partial charge on any atom is -0.493 e. The Morgan fingerprint density at radius 2 is 1.78 bits per heavy atom. The zero-order valence-electron chi connectivity index (χ0n) is 18.9. The lowest BCUT2D eigenvalue weighted by Gasteiger charge is -2.18. The van der Waals surface area contributed by atoms with Crippen LogP contribution in [0.15, 0.2) is 47.6 Å². The summed E-state index contributed by atoms with van der Waals surface area (Å²) in [7, 11) is 4.96. The van der Waals surface area contributed by atoms with Crippen LogP contribution in [0.25, 0.3) is 5.69 Å². The quantitative estimate of drug-likeness (QED) is 0.407. The number of rotatable bonds is 11. The zero-order chi connectivity index (χ0) is 22.9. The number of aromatic nitrogens is 4. The molecule has 0 aliphatic heterocycles. The van der Waals surface area contributed by atoms with Gasteiger partial charge in [0.15, 0.2) is 11.5 Å². The summed E-state index contributed by atoms with van der Waals surface area (Å²) in [6.07, 6.45) is 3.41. The van der Waals surface area contributed by atoms with Gasteiger partial charge >= 0.3 is 0 Å². The lowest BCUT2D eigenvalue weighted by molar-refractivity contribution is -0.127. The highest BCUT2D eigenvalue weighted by Gasteiger charge is 2.15. The van der Waals surface area contributed by atoms with E-state index in [1.807, 2.05) is 30.3 Å². The summed E-state index contributed by atoms with van der Waals surface area (Å²) in [6.45, 7) is 2.65. The van der Waals surface area contributed by atoms with Crippen molar-refractivity contribution in [3.05, 3.63) is 53.6 Å². The highest BCUT2D eigenvalue weighted by atomic mass is 32.2. The number of thioether (sulfide) groups is 1. The number of tetrazole rings is 1. The van der Waals surface area contributed by atoms with E-state index in [2.05, 4.69) is 34.6 Å². The molecule has 0 aliphatic carbocycles. The van der Waals surface area contributed by atoms with Crippen LogP contribution in [0, 0.1) is 0 Å². The summed E-state index contributed by atoms with van der Waals surface area (Å²) >= 11 is 1.32. The molecule has 0 bridgehead atoms. The SMILES string of the molecule is CCCCc1ccc(-n2nnnc2SCC(=O)N(C)Cc2ccc(OC)c(OC)c2)cc1. The van der Waals surface area contributed by atoms with Crippen LogP contribution < -0.4 is 9.47 Å². The molecule has 0 N–H and O–H groups in total. The number of unbranched alkanes of at least 4 members (excludes halogenated alkanes) is 1. The Bertz CT molecular complexity index is 1020. The van der Waals surface area contributed by atoms with E-state index in [1.165, 1.54) is 30.2 Å². The fraction of sp³-hybridized carbons (Fsp3) is 0.391. The molecule has 170 valence electrons. The summed E-state index contributed by atoms with van der Waals surface area (Å²) in [5, 5.41) is 12.5. The van der Waals surface area contributed by atoms with Gasteiger partial charge in [0.25, 0.3) is 0 Å². The van der Waals surface area contributed by atoms with E-state index < -0.39 is 0 Å². The van der Waals surface area contributed by atoms with Crippen molar-refractivity contribution in [3.8, 4) is 17.2 Å². The monoisotopic (exact) mass is 455 g/mol. The molecule has 32 heavy (non-hydrogen) atoms. The van der Waals surface area contributed by atoms with E-state index in [9.17, 15) is 4.79 Å². The Labute approximate surface area is 192 Å². The molecule has 3 rings (SSSR count). The van der Waals surface area contributed by atoms with E-state index >= 15 is 0 Å². The maximum atomic E-state index is 12.7. The Morgan fingerprint density at radius 3 is 2.47 bits per heavy atom. The average Bonchev–Trinajstić information content (AvgIpc) is 3.30. The Morgan fingerprint density at radius 1 is 1.06 bits per heavy atom. The lowest BCUT2D eigenvalue weighted by atomic mass is 10.1. The second-order valence-electron chi connectivity index (χ2n) is 7.37. The number of carbonyl (C=O) groups excluding carboxylic acids is 1. The van der Waals surface area contributed by atoms with Crippen molar-refractivity contribution in [3.63, 3.8) is 0 Å². The molecule has 1 aromatic heterocycles. The molecule has 0 spiro atoms. The van der Waals surface area contributed by atoms with E-state index in [0.717, 1.165) is 17.7 Å². The van der Waals surface area contributed by atoms with Crippen LogP contribution in [0.1, 0.15) is 30.9 Å². The molecular weight excluding hydrogens is 426 g/mol. The number of nitrogens with zero attached hydrogens (tertiary/aromatic N) is 5. The fourth-order valence-electron chi connectivity index (χ4n) is 3.19. The van der Waals surface area contributed by atoms with Crippen molar-refractivity contribution in [2.45, 2.75) is 37.9 Å². The molecule has 1 amide bonds. The second-order valence-corrected chi connectivity index (χ2v) is 8.31. The van der Waals surface area contributed by atoms with Crippen LogP contribution in [-0.4, -0.2) is 58.0 Å². The number of methoxy groups -OCH3 is 2. The summed E-state index contributed by atoms with van der Waals surface area (Å²) in [5.74, 6) is 1.51. The second kappa shape index (κ2) is 11.5. The molecule has 2 aromatic carbocycles. The summed E-state index contributed by atoms with van der Waals surface area (Å²) in [6, 6.07) is 13.9. The van der Waals surface area contributed by atoms with Crippen molar-refractivity contribution in [1.29, 1.82) is 0 Å². The Balaban J connectivity index is 1.59. The van der Waals surface area contributed by atoms with E-state index in [1.54, 1.807) is 30.8 Å². The summed E-state index contributed by atoms with van der Waals surface area (Å²) in [5.41, 5.74) is 3.13. The van der Waals surface area contributed by atoms with E-state index in [0.29, 0.717) is 23.2 Å². The number of carbonyl (C=O) groups is 1. The topological polar surface area (TPSA) is 82.4 Å². The standard InChI is InChI=1S/C23H29N5O3S/c1-5-6-7-17-8-11-19(12-9-17)28-23(24-25-26-28)32-16-22(29)27(2)15-18-10-13-20(30-3)21(14-18)31-4/h8-14H,5-7,15-16H2,1-4H3. The molecule has 0 fully saturated rings. The zero-order valence-corrected chi connectivity index (χ0v) is 19.8. The van der Waals surface area contributed by atoms with Crippen LogP contribution in [0.5, 0.6) is 11.5 Å². The van der Waals surface area contributed by atoms with Gasteiger partial charge in [-0.05, 0) is 58.7 Å². The number of hydrogen-bond donors (Lipinski definition) is 0. The predicted octanol–water partition coefficient (Wildman–Crippen LogP) is 3.77. The predicted molar refractivity (Wildman–Crippen MR) is 125 cm³/mol. The van der Waals surface area contributed by atoms with Crippen molar-refractivity contribution >= 4 is 17.7 Å². The number of amides is 1. The van der Waals surface area contributed by atoms with Crippen LogP contribution >= 0.6 is 11.8 Å². The van der Waals surface area contributed by atoms with Gasteiger partial charge in [-0.3, -0.25) is 4.79 Å². The van der Waals surface area contributed by atoms with Gasteiger partial charge in [0, 0.05) is 13.6 Å². The molecule has 0 aliphatic rings. The van der Waals surface area contributed by atoms with Crippen molar-refractivity contribution in [2.75, 3.05) is 27.0 Å². The van der Waals surface area contributed by atoms with Gasteiger partial charge in [-0.25, -0.2) is 0 Å². The molecule has 1 heterocycles. The first-order chi connectivity index (χ1) is 15.5. The minimum atomic E-state index is -0.0192. The highest BCUT2D eigenvalue weighted by molar-refractivity contribution is 7.99. The van der Waals surface area contributed by atoms with Crippen LogP contribution in [-0.2, 0) is 17.8 Å². The summed E-state index contributed by atoms with van der Waals surface area (Å²) < 4.78 is 12.3.